The molecule has 1 aromatic carbocycles. The van der Waals surface area contributed by atoms with E-state index in [4.69, 9.17) is 9.47 Å². The van der Waals surface area contributed by atoms with Gasteiger partial charge in [0.05, 0.1) is 0 Å². The molecule has 10 nitrogen and oxygen atoms in total. The Kier molecular flexibility index (Phi) is 4.57. The standard InChI is InChI=1S/C16H18N6O4/c1-16(2,3)26-12(23)8-25-11-6-4-10(5-7-11)13(24)19-15-21-20-14-17-9-18-22(14)15/h4-7,9H,8H2,1-3H3,(H,17,18,20)(H,19,21,24). The van der Waals surface area contributed by atoms with Gasteiger partial charge in [0, 0.05) is 5.56 Å². The monoisotopic (exact) mass is 358 g/mol. The van der Waals surface area contributed by atoms with Crippen LogP contribution in [0, 0.1) is 0 Å². The average molecular weight is 358 g/mol. The number of benzene rings is 1. The number of amides is 1. The molecule has 2 aromatic heterocycles. The number of anilines is 1. The number of nitrogens with zero attached hydrogens (tertiary/aromatic N) is 4. The highest BCUT2D eigenvalue weighted by Gasteiger charge is 2.17. The van der Waals surface area contributed by atoms with Gasteiger partial charge >= 0.3 is 5.97 Å². The van der Waals surface area contributed by atoms with E-state index >= 15 is 0 Å². The van der Waals surface area contributed by atoms with Gasteiger partial charge in [0.25, 0.3) is 17.6 Å². The molecule has 2 heterocycles. The lowest BCUT2D eigenvalue weighted by atomic mass is 10.2. The van der Waals surface area contributed by atoms with Crippen molar-refractivity contribution in [3.63, 3.8) is 0 Å². The summed E-state index contributed by atoms with van der Waals surface area (Å²) in [6.07, 6.45) is 1.44. The average Bonchev–Trinajstić information content (AvgIpc) is 3.17. The Morgan fingerprint density at radius 3 is 2.62 bits per heavy atom. The number of nitrogens with one attached hydrogen (secondary N) is 2. The maximum Gasteiger partial charge on any atom is 0.344 e. The Labute approximate surface area is 148 Å². The van der Waals surface area contributed by atoms with Crippen molar-refractivity contribution in [2.75, 3.05) is 11.9 Å². The molecule has 0 unspecified atom stereocenters. The minimum atomic E-state index is -0.565. The Balaban J connectivity index is 1.58. The zero-order valence-electron chi connectivity index (χ0n) is 14.5. The van der Waals surface area contributed by atoms with E-state index in [0.717, 1.165) is 0 Å². The lowest BCUT2D eigenvalue weighted by Crippen LogP contribution is -2.27. The Hall–Kier alpha value is -3.43. The molecular weight excluding hydrogens is 340 g/mol. The van der Waals surface area contributed by atoms with Crippen molar-refractivity contribution < 1.29 is 19.1 Å². The van der Waals surface area contributed by atoms with Crippen molar-refractivity contribution in [3.05, 3.63) is 36.2 Å². The number of fused-ring (bicyclic) bond motifs is 1. The summed E-state index contributed by atoms with van der Waals surface area (Å²) in [6.45, 7) is 5.14. The van der Waals surface area contributed by atoms with Gasteiger partial charge in [-0.25, -0.2) is 4.79 Å². The number of carbonyl (C=O) groups excluding carboxylic acids is 2. The van der Waals surface area contributed by atoms with Crippen LogP contribution >= 0.6 is 0 Å². The SMILES string of the molecule is CC(C)(C)OC(=O)COc1ccc(C(=O)Nc2nnc3nc[nH]n23)cc1. The Bertz CT molecular complexity index is 922. The molecule has 2 N–H and O–H groups in total. The molecule has 1 amide bonds. The van der Waals surface area contributed by atoms with E-state index in [2.05, 4.69) is 25.6 Å². The minimum Gasteiger partial charge on any atom is -0.482 e. The number of aromatic amines is 1. The van der Waals surface area contributed by atoms with Gasteiger partial charge in [0.2, 0.25) is 0 Å². The predicted molar refractivity (Wildman–Crippen MR) is 90.9 cm³/mol. The molecule has 3 rings (SSSR count). The Morgan fingerprint density at radius 1 is 1.19 bits per heavy atom. The summed E-state index contributed by atoms with van der Waals surface area (Å²) in [6, 6.07) is 6.33. The van der Waals surface area contributed by atoms with Crippen LogP contribution in [-0.4, -0.2) is 48.9 Å². The number of carbonyl (C=O) groups is 2. The molecule has 10 heteroatoms. The minimum absolute atomic E-state index is 0.208. The summed E-state index contributed by atoms with van der Waals surface area (Å²) in [5, 5.41) is 13.0. The van der Waals surface area contributed by atoms with Gasteiger partial charge < -0.3 is 9.47 Å². The van der Waals surface area contributed by atoms with Gasteiger partial charge in [-0.15, -0.1) is 10.2 Å². The molecule has 0 bridgehead atoms. The smallest absolute Gasteiger partial charge is 0.344 e. The van der Waals surface area contributed by atoms with Gasteiger partial charge in [0.15, 0.2) is 6.61 Å². The topological polar surface area (TPSA) is 124 Å². The van der Waals surface area contributed by atoms with E-state index in [1.807, 2.05) is 0 Å². The third kappa shape index (κ3) is 4.15. The lowest BCUT2D eigenvalue weighted by Gasteiger charge is -2.19. The number of ether oxygens (including phenoxy) is 2. The fraction of sp³-hybridized carbons (Fsp3) is 0.312. The number of H-pyrrole nitrogens is 1. The molecule has 26 heavy (non-hydrogen) atoms. The van der Waals surface area contributed by atoms with Crippen molar-refractivity contribution in [1.82, 2.24) is 24.8 Å². The van der Waals surface area contributed by atoms with Crippen LogP contribution < -0.4 is 10.1 Å². The first-order chi connectivity index (χ1) is 12.3. The number of hydrogen-bond acceptors (Lipinski definition) is 7. The van der Waals surface area contributed by atoms with E-state index in [0.29, 0.717) is 17.1 Å². The highest BCUT2D eigenvalue weighted by atomic mass is 16.6. The van der Waals surface area contributed by atoms with Crippen LogP contribution in [-0.2, 0) is 9.53 Å². The molecule has 0 spiro atoms. The van der Waals surface area contributed by atoms with Gasteiger partial charge in [-0.05, 0) is 45.0 Å². The second-order valence-electron chi connectivity index (χ2n) is 6.40. The van der Waals surface area contributed by atoms with E-state index in [1.165, 1.54) is 10.8 Å². The fourth-order valence-corrected chi connectivity index (χ4v) is 2.09. The van der Waals surface area contributed by atoms with Crippen molar-refractivity contribution >= 4 is 23.6 Å². The van der Waals surface area contributed by atoms with E-state index in [9.17, 15) is 9.59 Å². The summed E-state index contributed by atoms with van der Waals surface area (Å²) in [5.41, 5.74) is -0.171. The van der Waals surface area contributed by atoms with Crippen LogP contribution in [0.5, 0.6) is 5.75 Å². The number of esters is 1. The second-order valence-corrected chi connectivity index (χ2v) is 6.40. The van der Waals surface area contributed by atoms with Crippen LogP contribution in [0.3, 0.4) is 0 Å². The quantitative estimate of drug-likeness (QED) is 0.661. The fourth-order valence-electron chi connectivity index (χ4n) is 2.09. The first-order valence-electron chi connectivity index (χ1n) is 7.82. The summed E-state index contributed by atoms with van der Waals surface area (Å²) < 4.78 is 12.0. The highest BCUT2D eigenvalue weighted by molar-refractivity contribution is 6.03. The molecular formula is C16H18N6O4. The van der Waals surface area contributed by atoms with Gasteiger partial charge in [0.1, 0.15) is 17.7 Å². The zero-order chi connectivity index (χ0) is 18.7. The number of hydrogen-bond donors (Lipinski definition) is 2. The third-order valence-corrected chi connectivity index (χ3v) is 3.13. The van der Waals surface area contributed by atoms with Gasteiger partial charge in [-0.3, -0.25) is 15.2 Å². The molecule has 0 saturated heterocycles. The van der Waals surface area contributed by atoms with Crippen LogP contribution in [0.25, 0.3) is 5.78 Å². The summed E-state index contributed by atoms with van der Waals surface area (Å²) in [5.74, 6) is 0.201. The summed E-state index contributed by atoms with van der Waals surface area (Å²) >= 11 is 0. The third-order valence-electron chi connectivity index (χ3n) is 3.13. The first kappa shape index (κ1) is 17.4. The lowest BCUT2D eigenvalue weighted by molar-refractivity contribution is -0.157. The highest BCUT2D eigenvalue weighted by Crippen LogP contribution is 2.14. The molecule has 0 fully saturated rings. The maximum atomic E-state index is 12.3. The van der Waals surface area contributed by atoms with Crippen LogP contribution in [0.15, 0.2) is 30.6 Å². The molecule has 0 atom stereocenters. The predicted octanol–water partition coefficient (Wildman–Crippen LogP) is 1.43. The summed E-state index contributed by atoms with van der Waals surface area (Å²) in [4.78, 5) is 27.8. The van der Waals surface area contributed by atoms with Crippen LogP contribution in [0.1, 0.15) is 31.1 Å². The molecule has 136 valence electrons. The van der Waals surface area contributed by atoms with Crippen LogP contribution in [0.4, 0.5) is 5.95 Å². The molecule has 0 saturated carbocycles. The van der Waals surface area contributed by atoms with E-state index in [1.54, 1.807) is 45.0 Å². The molecule has 0 aliphatic heterocycles. The van der Waals surface area contributed by atoms with Gasteiger partial charge in [-0.1, -0.05) is 0 Å². The van der Waals surface area contributed by atoms with Crippen molar-refractivity contribution in [2.45, 2.75) is 26.4 Å². The maximum absolute atomic E-state index is 12.3. The second kappa shape index (κ2) is 6.82. The molecule has 0 radical (unpaired) electrons. The Morgan fingerprint density at radius 2 is 1.92 bits per heavy atom. The summed E-state index contributed by atoms with van der Waals surface area (Å²) in [7, 11) is 0. The van der Waals surface area contributed by atoms with Crippen LogP contribution in [0.2, 0.25) is 0 Å². The van der Waals surface area contributed by atoms with Crippen molar-refractivity contribution in [1.29, 1.82) is 0 Å². The van der Waals surface area contributed by atoms with E-state index < -0.39 is 11.6 Å². The normalized spacial score (nSPS) is 11.3. The number of rotatable bonds is 5. The van der Waals surface area contributed by atoms with E-state index in [-0.39, 0.29) is 18.5 Å². The van der Waals surface area contributed by atoms with Crippen molar-refractivity contribution in [3.8, 4) is 5.75 Å². The van der Waals surface area contributed by atoms with Crippen molar-refractivity contribution in [2.24, 2.45) is 0 Å². The van der Waals surface area contributed by atoms with Gasteiger partial charge in [-0.2, -0.15) is 9.50 Å². The first-order valence-corrected chi connectivity index (χ1v) is 7.82. The zero-order valence-corrected chi connectivity index (χ0v) is 14.5. The molecule has 0 aliphatic carbocycles. The number of aromatic nitrogens is 5. The molecule has 0 aliphatic rings. The largest absolute Gasteiger partial charge is 0.482 e. The molecule has 3 aromatic rings.